The predicted molar refractivity (Wildman–Crippen MR) is 84.8 cm³/mol. The molecule has 0 aromatic heterocycles. The van der Waals surface area contributed by atoms with Gasteiger partial charge in [-0.15, -0.1) is 0 Å². The van der Waals surface area contributed by atoms with E-state index in [2.05, 4.69) is 24.7 Å². The number of hydrogen-bond donors (Lipinski definition) is 3. The van der Waals surface area contributed by atoms with Gasteiger partial charge in [0.2, 0.25) is 0 Å². The number of esters is 1. The first-order chi connectivity index (χ1) is 10.5. The number of rotatable bonds is 8. The van der Waals surface area contributed by atoms with Crippen molar-refractivity contribution >= 4 is 12.0 Å². The summed E-state index contributed by atoms with van der Waals surface area (Å²) in [6.07, 6.45) is 1.29. The number of ether oxygens (including phenoxy) is 1. The van der Waals surface area contributed by atoms with Crippen LogP contribution in [0.15, 0.2) is 30.3 Å². The molecule has 0 radical (unpaired) electrons. The molecule has 1 aromatic carbocycles. The van der Waals surface area contributed by atoms with Crippen LogP contribution in [0.25, 0.3) is 0 Å². The van der Waals surface area contributed by atoms with Crippen LogP contribution in [0.1, 0.15) is 12.0 Å². The van der Waals surface area contributed by atoms with E-state index in [0.717, 1.165) is 18.5 Å². The Labute approximate surface area is 131 Å². The van der Waals surface area contributed by atoms with E-state index in [-0.39, 0.29) is 6.03 Å². The molecular weight excluding hydrogens is 282 g/mol. The lowest BCUT2D eigenvalue weighted by atomic mass is 10.1. The SMILES string of the molecule is COC(=O)[C@H](Cc1ccccc1)NC(=O)NCCC[NH+](C)C. The van der Waals surface area contributed by atoms with E-state index >= 15 is 0 Å². The first-order valence-electron chi connectivity index (χ1n) is 7.48. The van der Waals surface area contributed by atoms with Crippen LogP contribution >= 0.6 is 0 Å². The first-order valence-corrected chi connectivity index (χ1v) is 7.48. The number of hydrogen-bond acceptors (Lipinski definition) is 3. The molecule has 0 unspecified atom stereocenters. The molecule has 0 aliphatic carbocycles. The van der Waals surface area contributed by atoms with Crippen molar-refractivity contribution in [3.63, 3.8) is 0 Å². The molecule has 122 valence electrons. The van der Waals surface area contributed by atoms with Gasteiger partial charge in [-0.25, -0.2) is 9.59 Å². The molecule has 0 aliphatic heterocycles. The molecule has 0 saturated heterocycles. The van der Waals surface area contributed by atoms with E-state index < -0.39 is 12.0 Å². The van der Waals surface area contributed by atoms with Gasteiger partial charge < -0.3 is 20.3 Å². The number of carbonyl (C=O) groups excluding carboxylic acids is 2. The summed E-state index contributed by atoms with van der Waals surface area (Å²) in [6, 6.07) is 8.49. The maximum absolute atomic E-state index is 11.9. The van der Waals surface area contributed by atoms with E-state index in [0.29, 0.717) is 13.0 Å². The normalized spacial score (nSPS) is 11.8. The lowest BCUT2D eigenvalue weighted by molar-refractivity contribution is -0.858. The summed E-state index contributed by atoms with van der Waals surface area (Å²) >= 11 is 0. The molecule has 0 bridgehead atoms. The molecule has 3 N–H and O–H groups in total. The van der Waals surface area contributed by atoms with Gasteiger partial charge in [0.1, 0.15) is 6.04 Å². The zero-order valence-electron chi connectivity index (χ0n) is 13.5. The molecule has 0 spiro atoms. The Morgan fingerprint density at radius 3 is 2.50 bits per heavy atom. The third kappa shape index (κ3) is 7.08. The minimum atomic E-state index is -0.688. The Balaban J connectivity index is 2.47. The van der Waals surface area contributed by atoms with E-state index in [1.807, 2.05) is 30.3 Å². The molecule has 6 nitrogen and oxygen atoms in total. The van der Waals surface area contributed by atoms with Gasteiger partial charge in [-0.1, -0.05) is 30.3 Å². The minimum absolute atomic E-state index is 0.347. The molecule has 0 fully saturated rings. The standard InChI is InChI=1S/C16H25N3O3/c1-19(2)11-7-10-17-16(21)18-14(15(20)22-3)12-13-8-5-4-6-9-13/h4-6,8-9,14H,7,10-12H2,1-3H3,(H2,17,18,21)/p+1/t14-/m0/s1. The van der Waals surface area contributed by atoms with Crippen LogP contribution in [-0.4, -0.2) is 52.3 Å². The molecule has 1 aromatic rings. The average Bonchev–Trinajstić information content (AvgIpc) is 2.51. The number of amides is 2. The molecule has 0 aliphatic rings. The summed E-state index contributed by atoms with van der Waals surface area (Å²) in [5, 5.41) is 5.44. The molecule has 1 atom stereocenters. The van der Waals surface area contributed by atoms with Crippen molar-refractivity contribution in [1.82, 2.24) is 10.6 Å². The van der Waals surface area contributed by atoms with Crippen LogP contribution < -0.4 is 15.5 Å². The maximum Gasteiger partial charge on any atom is 0.328 e. The fraction of sp³-hybridized carbons (Fsp3) is 0.500. The second-order valence-electron chi connectivity index (χ2n) is 5.48. The van der Waals surface area contributed by atoms with Gasteiger partial charge >= 0.3 is 12.0 Å². The Bertz CT molecular complexity index is 463. The van der Waals surface area contributed by atoms with Gasteiger partial charge in [0.05, 0.1) is 27.7 Å². The number of nitrogens with one attached hydrogen (secondary N) is 3. The third-order valence-corrected chi connectivity index (χ3v) is 3.21. The number of quaternary nitrogens is 1. The topological polar surface area (TPSA) is 71.9 Å². The van der Waals surface area contributed by atoms with Crippen molar-refractivity contribution in [3.8, 4) is 0 Å². The number of urea groups is 1. The van der Waals surface area contributed by atoms with E-state index in [9.17, 15) is 9.59 Å². The molecular formula is C16H26N3O3+. The van der Waals surface area contributed by atoms with Gasteiger partial charge in [-0.05, 0) is 5.56 Å². The monoisotopic (exact) mass is 308 g/mol. The minimum Gasteiger partial charge on any atom is -0.467 e. The number of carbonyl (C=O) groups is 2. The lowest BCUT2D eigenvalue weighted by Gasteiger charge is -2.17. The van der Waals surface area contributed by atoms with Gasteiger partial charge in [0, 0.05) is 19.4 Å². The van der Waals surface area contributed by atoms with Gasteiger partial charge in [-0.3, -0.25) is 0 Å². The van der Waals surface area contributed by atoms with Crippen molar-refractivity contribution in [3.05, 3.63) is 35.9 Å². The van der Waals surface area contributed by atoms with Gasteiger partial charge in [-0.2, -0.15) is 0 Å². The van der Waals surface area contributed by atoms with Crippen LogP contribution in [0.2, 0.25) is 0 Å². The van der Waals surface area contributed by atoms with Crippen LogP contribution in [0, 0.1) is 0 Å². The predicted octanol–water partition coefficient (Wildman–Crippen LogP) is -0.395. The Kier molecular flexibility index (Phi) is 7.99. The molecule has 6 heteroatoms. The summed E-state index contributed by atoms with van der Waals surface area (Å²) in [7, 11) is 5.44. The molecule has 0 saturated carbocycles. The fourth-order valence-corrected chi connectivity index (χ4v) is 2.04. The number of benzene rings is 1. The Morgan fingerprint density at radius 1 is 1.23 bits per heavy atom. The molecule has 0 heterocycles. The van der Waals surface area contributed by atoms with Crippen LogP contribution in [0.4, 0.5) is 4.79 Å². The lowest BCUT2D eigenvalue weighted by Crippen LogP contribution is -3.05. The molecule has 2 amide bonds. The third-order valence-electron chi connectivity index (χ3n) is 3.21. The average molecular weight is 308 g/mol. The van der Waals surface area contributed by atoms with Gasteiger partial charge in [0.25, 0.3) is 0 Å². The summed E-state index contributed by atoms with van der Waals surface area (Å²) < 4.78 is 4.76. The smallest absolute Gasteiger partial charge is 0.328 e. The molecule has 1 rings (SSSR count). The van der Waals surface area contributed by atoms with Crippen molar-refractivity contribution < 1.29 is 19.2 Å². The second kappa shape index (κ2) is 9.78. The van der Waals surface area contributed by atoms with E-state index in [1.54, 1.807) is 0 Å². The maximum atomic E-state index is 11.9. The quantitative estimate of drug-likeness (QED) is 0.452. The zero-order chi connectivity index (χ0) is 16.4. The fourth-order valence-electron chi connectivity index (χ4n) is 2.04. The van der Waals surface area contributed by atoms with Gasteiger partial charge in [0.15, 0.2) is 0 Å². The highest BCUT2D eigenvalue weighted by molar-refractivity contribution is 5.83. The van der Waals surface area contributed by atoms with Crippen LogP contribution in [0.3, 0.4) is 0 Å². The van der Waals surface area contributed by atoms with Crippen molar-refractivity contribution in [2.24, 2.45) is 0 Å². The van der Waals surface area contributed by atoms with Crippen molar-refractivity contribution in [1.29, 1.82) is 0 Å². The summed E-state index contributed by atoms with van der Waals surface area (Å²) in [4.78, 5) is 25.0. The highest BCUT2D eigenvalue weighted by Crippen LogP contribution is 2.04. The zero-order valence-corrected chi connectivity index (χ0v) is 13.5. The second-order valence-corrected chi connectivity index (χ2v) is 5.48. The largest absolute Gasteiger partial charge is 0.467 e. The summed E-state index contributed by atoms with van der Waals surface area (Å²) in [6.45, 7) is 1.56. The number of methoxy groups -OCH3 is 1. The van der Waals surface area contributed by atoms with Crippen LogP contribution in [0.5, 0.6) is 0 Å². The van der Waals surface area contributed by atoms with Crippen molar-refractivity contribution in [2.45, 2.75) is 18.9 Å². The van der Waals surface area contributed by atoms with Crippen molar-refractivity contribution in [2.75, 3.05) is 34.3 Å². The van der Waals surface area contributed by atoms with Crippen LogP contribution in [-0.2, 0) is 16.0 Å². The van der Waals surface area contributed by atoms with E-state index in [1.165, 1.54) is 12.0 Å². The first kappa shape index (κ1) is 18.0. The summed E-state index contributed by atoms with van der Waals surface area (Å²) in [5.41, 5.74) is 0.967. The summed E-state index contributed by atoms with van der Waals surface area (Å²) in [5.74, 6) is -0.447. The van der Waals surface area contributed by atoms with E-state index in [4.69, 9.17) is 4.74 Å². The highest BCUT2D eigenvalue weighted by Gasteiger charge is 2.21. The Morgan fingerprint density at radius 2 is 1.91 bits per heavy atom. The molecule has 22 heavy (non-hydrogen) atoms. The Hall–Kier alpha value is -2.08. The highest BCUT2D eigenvalue weighted by atomic mass is 16.5.